The molecule has 0 spiro atoms. The Bertz CT molecular complexity index is 1680. The number of nitrogens with one attached hydrogen (secondary N) is 1. The molecule has 0 radical (unpaired) electrons. The molecule has 5 rings (SSSR count). The summed E-state index contributed by atoms with van der Waals surface area (Å²) < 4.78 is 38.0. The molecule has 2 aromatic heterocycles. The van der Waals surface area contributed by atoms with Gasteiger partial charge in [0.1, 0.15) is 12.2 Å². The van der Waals surface area contributed by atoms with Crippen LogP contribution in [0.2, 0.25) is 25.7 Å². The highest BCUT2D eigenvalue weighted by Crippen LogP contribution is 2.44. The normalized spacial score (nSPS) is 19.8. The fourth-order valence-corrected chi connectivity index (χ4v) is 7.55. The number of carbonyl (C=O) groups is 2. The fourth-order valence-electron chi connectivity index (χ4n) is 6.79. The number of pyridine rings is 1. The number of amides is 2. The molecular formula is C34H47F2N5O5Si. The third kappa shape index (κ3) is 7.67. The SMILES string of the molecule is C[C@@H](NC(=O)c1cn(C2CCC(C(=O)N(C)CCO)CC2)c(=O)c2cn(COCC[Si](C)(C)C)nc12)c1cccc2c1CCC2(F)F. The minimum Gasteiger partial charge on any atom is -0.395 e. The second kappa shape index (κ2) is 14.0. The number of hydrogen-bond donors (Lipinski definition) is 2. The Morgan fingerprint density at radius 1 is 1.19 bits per heavy atom. The first kappa shape index (κ1) is 34.9. The zero-order valence-corrected chi connectivity index (χ0v) is 29.0. The Labute approximate surface area is 275 Å². The van der Waals surface area contributed by atoms with Crippen LogP contribution in [0.5, 0.6) is 0 Å². The third-order valence-electron chi connectivity index (χ3n) is 9.57. The summed E-state index contributed by atoms with van der Waals surface area (Å²) in [4.78, 5) is 42.2. The first-order valence-electron chi connectivity index (χ1n) is 16.6. The van der Waals surface area contributed by atoms with E-state index in [1.165, 1.54) is 11.0 Å². The molecule has 2 N–H and O–H groups in total. The molecule has 0 saturated heterocycles. The van der Waals surface area contributed by atoms with E-state index >= 15 is 0 Å². The minimum atomic E-state index is -2.89. The molecule has 2 amide bonds. The zero-order chi connectivity index (χ0) is 34.1. The van der Waals surface area contributed by atoms with Gasteiger partial charge in [-0.25, -0.2) is 13.5 Å². The van der Waals surface area contributed by atoms with Crippen LogP contribution in [-0.2, 0) is 28.6 Å². The van der Waals surface area contributed by atoms with Crippen molar-refractivity contribution in [2.75, 3.05) is 26.8 Å². The van der Waals surface area contributed by atoms with Crippen molar-refractivity contribution in [2.45, 2.75) is 95.9 Å². The lowest BCUT2D eigenvalue weighted by molar-refractivity contribution is -0.135. The van der Waals surface area contributed by atoms with Crippen LogP contribution in [0.15, 0.2) is 35.4 Å². The first-order valence-corrected chi connectivity index (χ1v) is 20.3. The highest BCUT2D eigenvalue weighted by Gasteiger charge is 2.40. The molecule has 10 nitrogen and oxygen atoms in total. The molecular weight excluding hydrogens is 624 g/mol. The number of aliphatic hydroxyl groups is 1. The third-order valence-corrected chi connectivity index (χ3v) is 11.3. The Balaban J connectivity index is 1.43. The maximum absolute atomic E-state index is 14.5. The molecule has 1 aromatic carbocycles. The van der Waals surface area contributed by atoms with Crippen molar-refractivity contribution < 1.29 is 28.2 Å². The van der Waals surface area contributed by atoms with Gasteiger partial charge >= 0.3 is 0 Å². The summed E-state index contributed by atoms with van der Waals surface area (Å²) in [6, 6.07) is 5.01. The van der Waals surface area contributed by atoms with E-state index in [0.29, 0.717) is 48.8 Å². The van der Waals surface area contributed by atoms with E-state index in [1.54, 1.807) is 47.7 Å². The van der Waals surface area contributed by atoms with E-state index in [0.717, 1.165) is 6.04 Å². The molecule has 1 fully saturated rings. The number of fused-ring (bicyclic) bond motifs is 2. The predicted octanol–water partition coefficient (Wildman–Crippen LogP) is 5.22. The number of likely N-dealkylation sites (N-methyl/N-ethyl adjacent to an activating group) is 1. The van der Waals surface area contributed by atoms with Gasteiger partial charge < -0.3 is 24.6 Å². The number of benzene rings is 1. The van der Waals surface area contributed by atoms with Gasteiger partial charge in [-0.3, -0.25) is 14.4 Å². The highest BCUT2D eigenvalue weighted by molar-refractivity contribution is 6.76. The van der Waals surface area contributed by atoms with Gasteiger partial charge in [0, 0.05) is 64.6 Å². The second-order valence-corrected chi connectivity index (χ2v) is 19.9. The number of alkyl halides is 2. The van der Waals surface area contributed by atoms with Crippen molar-refractivity contribution in [1.29, 1.82) is 0 Å². The van der Waals surface area contributed by atoms with E-state index in [2.05, 4.69) is 30.1 Å². The van der Waals surface area contributed by atoms with Gasteiger partial charge in [-0.05, 0) is 56.2 Å². The van der Waals surface area contributed by atoms with Crippen molar-refractivity contribution in [2.24, 2.45) is 5.92 Å². The Hall–Kier alpha value is -3.42. The Morgan fingerprint density at radius 2 is 1.91 bits per heavy atom. The summed E-state index contributed by atoms with van der Waals surface area (Å²) in [6.07, 6.45) is 5.46. The van der Waals surface area contributed by atoms with Gasteiger partial charge in [-0.1, -0.05) is 37.8 Å². The number of aromatic nitrogens is 3. The quantitative estimate of drug-likeness (QED) is 0.201. The summed E-state index contributed by atoms with van der Waals surface area (Å²) in [6.45, 7) is 9.43. The number of hydrogen-bond acceptors (Lipinski definition) is 6. The van der Waals surface area contributed by atoms with Gasteiger partial charge in [0.2, 0.25) is 5.91 Å². The lowest BCUT2D eigenvalue weighted by Gasteiger charge is -2.31. The smallest absolute Gasteiger partial charge is 0.273 e. The monoisotopic (exact) mass is 671 g/mol. The molecule has 13 heteroatoms. The number of halogens is 2. The topological polar surface area (TPSA) is 119 Å². The van der Waals surface area contributed by atoms with Crippen molar-refractivity contribution in [3.63, 3.8) is 0 Å². The summed E-state index contributed by atoms with van der Waals surface area (Å²) in [5.74, 6) is -3.56. The van der Waals surface area contributed by atoms with E-state index in [4.69, 9.17) is 4.74 Å². The average Bonchev–Trinajstić information content (AvgIpc) is 3.59. The lowest BCUT2D eigenvalue weighted by atomic mass is 9.85. The summed E-state index contributed by atoms with van der Waals surface area (Å²) in [5.41, 5.74) is 1.42. The van der Waals surface area contributed by atoms with Crippen LogP contribution in [0.1, 0.15) is 78.2 Å². The first-order chi connectivity index (χ1) is 22.2. The van der Waals surface area contributed by atoms with Crippen molar-refractivity contribution in [1.82, 2.24) is 24.6 Å². The molecule has 256 valence electrons. The zero-order valence-electron chi connectivity index (χ0n) is 28.0. The molecule has 47 heavy (non-hydrogen) atoms. The van der Waals surface area contributed by atoms with Crippen molar-refractivity contribution in [3.8, 4) is 0 Å². The van der Waals surface area contributed by atoms with E-state index < -0.39 is 25.9 Å². The Kier molecular flexibility index (Phi) is 10.4. The van der Waals surface area contributed by atoms with Gasteiger partial charge in [0.05, 0.1) is 23.6 Å². The van der Waals surface area contributed by atoms with Gasteiger partial charge in [-0.15, -0.1) is 0 Å². The molecule has 0 aliphatic heterocycles. The number of nitrogens with zero attached hydrogens (tertiary/aromatic N) is 4. The van der Waals surface area contributed by atoms with E-state index in [-0.39, 0.29) is 72.8 Å². The fraction of sp³-hybridized carbons (Fsp3) is 0.588. The molecule has 2 aliphatic rings. The van der Waals surface area contributed by atoms with Crippen LogP contribution >= 0.6 is 0 Å². The van der Waals surface area contributed by atoms with Crippen LogP contribution in [0.3, 0.4) is 0 Å². The maximum Gasteiger partial charge on any atom is 0.273 e. The molecule has 2 aliphatic carbocycles. The van der Waals surface area contributed by atoms with Crippen LogP contribution in [0.4, 0.5) is 8.78 Å². The van der Waals surface area contributed by atoms with Crippen LogP contribution in [0, 0.1) is 5.92 Å². The number of ether oxygens (including phenoxy) is 1. The van der Waals surface area contributed by atoms with Gasteiger partial charge in [0.15, 0.2) is 0 Å². The lowest BCUT2D eigenvalue weighted by Crippen LogP contribution is -2.38. The van der Waals surface area contributed by atoms with Crippen LogP contribution < -0.4 is 10.9 Å². The summed E-state index contributed by atoms with van der Waals surface area (Å²) >= 11 is 0. The number of aliphatic hydroxyl groups excluding tert-OH is 1. The van der Waals surface area contributed by atoms with Crippen LogP contribution in [0.25, 0.3) is 10.9 Å². The minimum absolute atomic E-state index is 0.0107. The second-order valence-electron chi connectivity index (χ2n) is 14.3. The maximum atomic E-state index is 14.5. The standard InChI is InChI=1S/C34H47F2N5O5Si/c1-22(25-7-6-8-29-26(25)13-14-34(29,35)36)37-31(43)27-20-41(24-11-9-23(10-12-24)32(44)39(2)15-16-42)33(45)28-19-40(38-30(27)28)21-46-17-18-47(3,4)5/h6-8,19-20,22-24,42H,9-18,21H2,1-5H3,(H,37,43)/t22-,23?,24?/m1/s1. The molecule has 3 aromatic rings. The number of rotatable bonds is 12. The van der Waals surface area contributed by atoms with Gasteiger partial charge in [-0.2, -0.15) is 5.10 Å². The summed E-state index contributed by atoms with van der Waals surface area (Å²) in [5, 5.41) is 17.1. The van der Waals surface area contributed by atoms with Crippen molar-refractivity contribution >= 4 is 30.8 Å². The predicted molar refractivity (Wildman–Crippen MR) is 178 cm³/mol. The summed E-state index contributed by atoms with van der Waals surface area (Å²) in [7, 11) is 0.372. The van der Waals surface area contributed by atoms with Crippen molar-refractivity contribution in [3.05, 3.63) is 63.2 Å². The van der Waals surface area contributed by atoms with E-state index in [1.807, 2.05) is 0 Å². The Morgan fingerprint density at radius 3 is 2.60 bits per heavy atom. The molecule has 1 saturated carbocycles. The van der Waals surface area contributed by atoms with Gasteiger partial charge in [0.25, 0.3) is 17.4 Å². The number of carbonyl (C=O) groups excluding carboxylic acids is 2. The molecule has 2 heterocycles. The molecule has 0 bridgehead atoms. The van der Waals surface area contributed by atoms with E-state index in [9.17, 15) is 28.3 Å². The average molecular weight is 672 g/mol. The molecule has 0 unspecified atom stereocenters. The largest absolute Gasteiger partial charge is 0.395 e. The molecule has 1 atom stereocenters. The van der Waals surface area contributed by atoms with Crippen LogP contribution in [-0.4, -0.2) is 71.0 Å². The highest BCUT2D eigenvalue weighted by atomic mass is 28.3.